The van der Waals surface area contributed by atoms with E-state index in [4.69, 9.17) is 5.11 Å². The maximum absolute atomic E-state index is 12.2. The van der Waals surface area contributed by atoms with Gasteiger partial charge in [0.2, 0.25) is 11.8 Å². The van der Waals surface area contributed by atoms with Gasteiger partial charge in [-0.1, -0.05) is 50.6 Å². The molecule has 3 N–H and O–H groups in total. The van der Waals surface area contributed by atoms with Crippen LogP contribution in [-0.2, 0) is 20.8 Å². The van der Waals surface area contributed by atoms with Crippen molar-refractivity contribution in [3.05, 3.63) is 35.9 Å². The predicted octanol–water partition coefficient (Wildman–Crippen LogP) is 1.74. The zero-order valence-corrected chi connectivity index (χ0v) is 14.2. The average molecular weight is 334 g/mol. The number of hydrogen-bond donors (Lipinski definition) is 3. The third-order valence-electron chi connectivity index (χ3n) is 3.58. The molecule has 132 valence electrons. The number of benzene rings is 1. The molecule has 1 rings (SSSR count). The molecule has 2 unspecified atom stereocenters. The van der Waals surface area contributed by atoms with Crippen molar-refractivity contribution < 1.29 is 19.5 Å². The average Bonchev–Trinajstić information content (AvgIpc) is 2.52. The third-order valence-corrected chi connectivity index (χ3v) is 3.58. The number of aliphatic carboxylic acids is 1. The van der Waals surface area contributed by atoms with Crippen molar-refractivity contribution in [2.24, 2.45) is 5.92 Å². The zero-order valence-electron chi connectivity index (χ0n) is 14.2. The summed E-state index contributed by atoms with van der Waals surface area (Å²) in [5.74, 6) is -1.52. The second kappa shape index (κ2) is 10.4. The summed E-state index contributed by atoms with van der Waals surface area (Å²) < 4.78 is 0. The molecule has 0 bridgehead atoms. The summed E-state index contributed by atoms with van der Waals surface area (Å²) in [5.41, 5.74) is 0.890. The van der Waals surface area contributed by atoms with Crippen molar-refractivity contribution >= 4 is 17.8 Å². The van der Waals surface area contributed by atoms with E-state index < -0.39 is 12.0 Å². The minimum atomic E-state index is -0.891. The minimum Gasteiger partial charge on any atom is -0.481 e. The molecule has 0 aliphatic rings. The van der Waals surface area contributed by atoms with Crippen molar-refractivity contribution in [2.45, 2.75) is 45.6 Å². The Morgan fingerprint density at radius 3 is 2.42 bits per heavy atom. The Morgan fingerprint density at radius 1 is 1.17 bits per heavy atom. The van der Waals surface area contributed by atoms with Crippen LogP contribution in [0.15, 0.2) is 30.3 Å². The zero-order chi connectivity index (χ0) is 17.9. The topological polar surface area (TPSA) is 95.5 Å². The molecule has 2 atom stereocenters. The molecule has 0 radical (unpaired) electrons. The molecule has 0 aliphatic carbocycles. The minimum absolute atomic E-state index is 0.000902. The van der Waals surface area contributed by atoms with E-state index in [1.54, 1.807) is 6.92 Å². The summed E-state index contributed by atoms with van der Waals surface area (Å²) in [4.78, 5) is 35.0. The molecular weight excluding hydrogens is 308 g/mol. The number of nitrogens with one attached hydrogen (secondary N) is 2. The highest BCUT2D eigenvalue weighted by Gasteiger charge is 2.20. The van der Waals surface area contributed by atoms with Crippen LogP contribution in [0.2, 0.25) is 0 Å². The van der Waals surface area contributed by atoms with Crippen molar-refractivity contribution in [3.8, 4) is 0 Å². The van der Waals surface area contributed by atoms with Crippen LogP contribution >= 0.6 is 0 Å². The van der Waals surface area contributed by atoms with Crippen LogP contribution in [0.4, 0.5) is 0 Å². The van der Waals surface area contributed by atoms with Crippen LogP contribution in [0, 0.1) is 5.92 Å². The van der Waals surface area contributed by atoms with Crippen LogP contribution in [0.1, 0.15) is 38.7 Å². The number of carboxylic acid groups (broad SMARTS) is 1. The van der Waals surface area contributed by atoms with Crippen LogP contribution in [0.25, 0.3) is 0 Å². The van der Waals surface area contributed by atoms with Crippen LogP contribution in [0.3, 0.4) is 0 Å². The molecule has 1 aromatic rings. The van der Waals surface area contributed by atoms with Gasteiger partial charge in [-0.15, -0.1) is 0 Å². The molecule has 0 aliphatic heterocycles. The van der Waals surface area contributed by atoms with E-state index in [-0.39, 0.29) is 37.1 Å². The fraction of sp³-hybridized carbons (Fsp3) is 0.500. The molecule has 6 nitrogen and oxygen atoms in total. The lowest BCUT2D eigenvalue weighted by atomic mass is 10.1. The number of rotatable bonds is 10. The number of hydrogen-bond acceptors (Lipinski definition) is 3. The lowest BCUT2D eigenvalue weighted by Gasteiger charge is -2.19. The van der Waals surface area contributed by atoms with Gasteiger partial charge in [-0.25, -0.2) is 0 Å². The van der Waals surface area contributed by atoms with Crippen molar-refractivity contribution in [1.29, 1.82) is 0 Å². The molecule has 1 aromatic carbocycles. The highest BCUT2D eigenvalue weighted by atomic mass is 16.4. The van der Waals surface area contributed by atoms with E-state index >= 15 is 0 Å². The van der Waals surface area contributed by atoms with Crippen LogP contribution in [0.5, 0.6) is 0 Å². The predicted molar refractivity (Wildman–Crippen MR) is 91.4 cm³/mol. The second-order valence-corrected chi connectivity index (χ2v) is 6.02. The van der Waals surface area contributed by atoms with E-state index in [1.165, 1.54) is 0 Å². The maximum Gasteiger partial charge on any atom is 0.303 e. The molecule has 0 saturated carbocycles. The third kappa shape index (κ3) is 7.76. The maximum atomic E-state index is 12.2. The Hall–Kier alpha value is -2.37. The number of carbonyl (C=O) groups is 3. The summed E-state index contributed by atoms with van der Waals surface area (Å²) in [6.07, 6.45) is 1.52. The molecule has 0 fully saturated rings. The molecule has 24 heavy (non-hydrogen) atoms. The van der Waals surface area contributed by atoms with Crippen LogP contribution < -0.4 is 10.6 Å². The van der Waals surface area contributed by atoms with Gasteiger partial charge in [-0.3, -0.25) is 14.4 Å². The summed E-state index contributed by atoms with van der Waals surface area (Å²) in [6.45, 7) is 3.98. The van der Waals surface area contributed by atoms with Gasteiger partial charge >= 0.3 is 5.97 Å². The van der Waals surface area contributed by atoms with Gasteiger partial charge < -0.3 is 15.7 Å². The fourth-order valence-corrected chi connectivity index (χ4v) is 2.35. The number of carboxylic acids is 1. The smallest absolute Gasteiger partial charge is 0.303 e. The Morgan fingerprint density at radius 2 is 1.83 bits per heavy atom. The first-order valence-electron chi connectivity index (χ1n) is 8.25. The van der Waals surface area contributed by atoms with Crippen LogP contribution in [-0.4, -0.2) is 35.5 Å². The SMILES string of the molecule is CCCC(NC(=O)Cc1ccccc1)C(=O)NCC(C)CC(=O)O. The summed E-state index contributed by atoms with van der Waals surface area (Å²) in [5, 5.41) is 14.2. The number of carbonyl (C=O) groups excluding carboxylic acids is 2. The highest BCUT2D eigenvalue weighted by molar-refractivity contribution is 5.88. The van der Waals surface area contributed by atoms with E-state index in [0.717, 1.165) is 12.0 Å². The van der Waals surface area contributed by atoms with Gasteiger partial charge in [-0.05, 0) is 17.9 Å². The molecule has 0 spiro atoms. The van der Waals surface area contributed by atoms with Crippen molar-refractivity contribution in [3.63, 3.8) is 0 Å². The quantitative estimate of drug-likeness (QED) is 0.607. The first-order valence-corrected chi connectivity index (χ1v) is 8.25. The van der Waals surface area contributed by atoms with Gasteiger partial charge in [0.15, 0.2) is 0 Å². The fourth-order valence-electron chi connectivity index (χ4n) is 2.35. The van der Waals surface area contributed by atoms with Gasteiger partial charge in [0.1, 0.15) is 6.04 Å². The first-order chi connectivity index (χ1) is 11.4. The standard InChI is InChI=1S/C18H26N2O4/c1-3-7-15(18(24)19-12-13(2)10-17(22)23)20-16(21)11-14-8-5-4-6-9-14/h4-6,8-9,13,15H,3,7,10-12H2,1-2H3,(H,19,24)(H,20,21)(H,22,23). The molecular formula is C18H26N2O4. The highest BCUT2D eigenvalue weighted by Crippen LogP contribution is 2.04. The largest absolute Gasteiger partial charge is 0.481 e. The lowest BCUT2D eigenvalue weighted by Crippen LogP contribution is -2.48. The van der Waals surface area contributed by atoms with Gasteiger partial charge in [-0.2, -0.15) is 0 Å². The summed E-state index contributed by atoms with van der Waals surface area (Å²) in [7, 11) is 0. The van der Waals surface area contributed by atoms with E-state index in [0.29, 0.717) is 6.42 Å². The summed E-state index contributed by atoms with van der Waals surface area (Å²) in [6, 6.07) is 8.74. The Balaban J connectivity index is 2.50. The van der Waals surface area contributed by atoms with E-state index in [9.17, 15) is 14.4 Å². The van der Waals surface area contributed by atoms with E-state index in [2.05, 4.69) is 10.6 Å². The van der Waals surface area contributed by atoms with Crippen molar-refractivity contribution in [2.75, 3.05) is 6.54 Å². The molecule has 0 saturated heterocycles. The van der Waals surface area contributed by atoms with E-state index in [1.807, 2.05) is 37.3 Å². The lowest BCUT2D eigenvalue weighted by molar-refractivity contribution is -0.138. The first kappa shape index (κ1) is 19.7. The van der Waals surface area contributed by atoms with Gasteiger partial charge in [0, 0.05) is 13.0 Å². The normalized spacial score (nSPS) is 12.9. The second-order valence-electron chi connectivity index (χ2n) is 6.02. The van der Waals surface area contributed by atoms with Gasteiger partial charge in [0.25, 0.3) is 0 Å². The Bertz CT molecular complexity index is 545. The monoisotopic (exact) mass is 334 g/mol. The molecule has 0 heterocycles. The molecule has 0 aromatic heterocycles. The number of amides is 2. The molecule has 6 heteroatoms. The van der Waals surface area contributed by atoms with Crippen molar-refractivity contribution in [1.82, 2.24) is 10.6 Å². The Kier molecular flexibility index (Phi) is 8.54. The summed E-state index contributed by atoms with van der Waals surface area (Å²) >= 11 is 0. The van der Waals surface area contributed by atoms with Gasteiger partial charge in [0.05, 0.1) is 6.42 Å². The molecule has 2 amide bonds. The Labute approximate surface area is 142 Å².